The van der Waals surface area contributed by atoms with Gasteiger partial charge in [0, 0.05) is 17.8 Å². The molecule has 0 aliphatic rings. The number of aromatic nitrogens is 2. The average Bonchev–Trinajstić information content (AvgIpc) is 2.94. The van der Waals surface area contributed by atoms with E-state index in [1.165, 1.54) is 12.1 Å². The van der Waals surface area contributed by atoms with E-state index < -0.39 is 0 Å². The first-order valence-electron chi connectivity index (χ1n) is 7.27. The number of benzene rings is 2. The Kier molecular flexibility index (Phi) is 4.19. The molecule has 4 nitrogen and oxygen atoms in total. The van der Waals surface area contributed by atoms with Gasteiger partial charge in [-0.15, -0.1) is 0 Å². The minimum atomic E-state index is -0.275. The molecule has 0 radical (unpaired) electrons. The van der Waals surface area contributed by atoms with Crippen LogP contribution in [0.25, 0.3) is 0 Å². The molecule has 3 rings (SSSR count). The molecule has 1 heterocycles. The zero-order chi connectivity index (χ0) is 16.2. The first-order chi connectivity index (χ1) is 11.1. The molecule has 0 atom stereocenters. The molecule has 1 aromatic heterocycles. The molecule has 0 aliphatic carbocycles. The number of hydrogen-bond donors (Lipinski definition) is 1. The fourth-order valence-electron chi connectivity index (χ4n) is 2.35. The quantitative estimate of drug-likeness (QED) is 0.800. The van der Waals surface area contributed by atoms with Gasteiger partial charge >= 0.3 is 0 Å². The summed E-state index contributed by atoms with van der Waals surface area (Å²) < 4.78 is 14.8. The number of rotatable bonds is 4. The number of aryl methyl sites for hydroxylation is 1. The van der Waals surface area contributed by atoms with Crippen molar-refractivity contribution in [3.63, 3.8) is 0 Å². The highest BCUT2D eigenvalue weighted by molar-refractivity contribution is 6.04. The van der Waals surface area contributed by atoms with Gasteiger partial charge in [-0.1, -0.05) is 30.3 Å². The fourth-order valence-corrected chi connectivity index (χ4v) is 2.35. The van der Waals surface area contributed by atoms with Crippen molar-refractivity contribution in [3.05, 3.63) is 83.3 Å². The highest BCUT2D eigenvalue weighted by Crippen LogP contribution is 2.12. The van der Waals surface area contributed by atoms with Crippen LogP contribution in [0.1, 0.15) is 21.5 Å². The zero-order valence-corrected chi connectivity index (χ0v) is 12.7. The van der Waals surface area contributed by atoms with Crippen LogP contribution in [0.5, 0.6) is 0 Å². The van der Waals surface area contributed by atoms with E-state index in [2.05, 4.69) is 10.4 Å². The van der Waals surface area contributed by atoms with Crippen molar-refractivity contribution in [1.82, 2.24) is 9.78 Å². The van der Waals surface area contributed by atoms with Crippen molar-refractivity contribution in [3.8, 4) is 0 Å². The Morgan fingerprint density at radius 1 is 1.17 bits per heavy atom. The predicted octanol–water partition coefficient (Wildman–Crippen LogP) is 3.63. The van der Waals surface area contributed by atoms with Crippen molar-refractivity contribution in [1.29, 1.82) is 0 Å². The van der Waals surface area contributed by atoms with Gasteiger partial charge in [0.2, 0.25) is 0 Å². The van der Waals surface area contributed by atoms with Crippen molar-refractivity contribution in [2.75, 3.05) is 5.32 Å². The van der Waals surface area contributed by atoms with E-state index in [1.54, 1.807) is 29.1 Å². The van der Waals surface area contributed by atoms with E-state index in [-0.39, 0.29) is 11.7 Å². The maximum Gasteiger partial charge on any atom is 0.257 e. The second-order valence-corrected chi connectivity index (χ2v) is 5.30. The molecule has 0 unspecified atom stereocenters. The summed E-state index contributed by atoms with van der Waals surface area (Å²) in [7, 11) is 0. The van der Waals surface area contributed by atoms with Gasteiger partial charge < -0.3 is 5.32 Å². The van der Waals surface area contributed by atoms with Crippen LogP contribution >= 0.6 is 0 Å². The summed E-state index contributed by atoms with van der Waals surface area (Å²) in [5.74, 6) is -0.00324. The summed E-state index contributed by atoms with van der Waals surface area (Å²) in [4.78, 5) is 12.2. The van der Waals surface area contributed by atoms with Crippen LogP contribution in [0.3, 0.4) is 0 Å². The van der Waals surface area contributed by atoms with Crippen LogP contribution < -0.4 is 5.32 Å². The molecule has 0 saturated carbocycles. The number of carbonyl (C=O) groups is 1. The number of hydrogen-bond acceptors (Lipinski definition) is 2. The molecule has 3 aromatic rings. The van der Waals surface area contributed by atoms with Gasteiger partial charge in [-0.05, 0) is 36.2 Å². The van der Waals surface area contributed by atoms with Gasteiger partial charge in [-0.25, -0.2) is 4.39 Å². The minimum Gasteiger partial charge on any atom is -0.305 e. The van der Waals surface area contributed by atoms with E-state index in [1.807, 2.05) is 31.2 Å². The summed E-state index contributed by atoms with van der Waals surface area (Å²) in [5, 5.41) is 7.06. The molecule has 0 saturated heterocycles. The Labute approximate surface area is 133 Å². The van der Waals surface area contributed by atoms with Crippen LogP contribution in [0.15, 0.2) is 60.8 Å². The molecule has 1 N–H and O–H groups in total. The third kappa shape index (κ3) is 3.63. The Morgan fingerprint density at radius 2 is 2.00 bits per heavy atom. The van der Waals surface area contributed by atoms with Crippen molar-refractivity contribution in [2.45, 2.75) is 13.5 Å². The number of halogens is 1. The third-order valence-electron chi connectivity index (χ3n) is 3.51. The standard InChI is InChI=1S/C18H16FN3O/c1-13-5-2-3-8-16(13)18(23)20-17-9-10-22(21-17)12-14-6-4-7-15(19)11-14/h2-11H,12H2,1H3,(H,20,21,23). The van der Waals surface area contributed by atoms with Crippen LogP contribution in [0.2, 0.25) is 0 Å². The summed E-state index contributed by atoms with van der Waals surface area (Å²) in [5.41, 5.74) is 2.33. The second kappa shape index (κ2) is 6.44. The number of carbonyl (C=O) groups excluding carboxylic acids is 1. The Balaban J connectivity index is 1.70. The van der Waals surface area contributed by atoms with Crippen LogP contribution in [0.4, 0.5) is 10.2 Å². The molecule has 0 bridgehead atoms. The number of nitrogens with zero attached hydrogens (tertiary/aromatic N) is 2. The average molecular weight is 309 g/mol. The predicted molar refractivity (Wildman–Crippen MR) is 86.9 cm³/mol. The van der Waals surface area contributed by atoms with Crippen LogP contribution in [0, 0.1) is 12.7 Å². The lowest BCUT2D eigenvalue weighted by Gasteiger charge is -2.05. The SMILES string of the molecule is Cc1ccccc1C(=O)Nc1ccn(Cc2cccc(F)c2)n1. The lowest BCUT2D eigenvalue weighted by Crippen LogP contribution is -2.14. The maximum absolute atomic E-state index is 13.2. The highest BCUT2D eigenvalue weighted by Gasteiger charge is 2.10. The van der Waals surface area contributed by atoms with E-state index in [9.17, 15) is 9.18 Å². The van der Waals surface area contributed by atoms with Gasteiger partial charge in [0.1, 0.15) is 5.82 Å². The van der Waals surface area contributed by atoms with Gasteiger partial charge in [0.15, 0.2) is 5.82 Å². The first-order valence-corrected chi connectivity index (χ1v) is 7.27. The summed E-state index contributed by atoms with van der Waals surface area (Å²) >= 11 is 0. The number of amides is 1. The van der Waals surface area contributed by atoms with Crippen LogP contribution in [-0.4, -0.2) is 15.7 Å². The second-order valence-electron chi connectivity index (χ2n) is 5.30. The molecule has 2 aromatic carbocycles. The molecule has 0 aliphatic heterocycles. The molecule has 116 valence electrons. The summed E-state index contributed by atoms with van der Waals surface area (Å²) in [6.45, 7) is 2.33. The first kappa shape index (κ1) is 15.0. The van der Waals surface area contributed by atoms with Crippen molar-refractivity contribution in [2.24, 2.45) is 0 Å². The van der Waals surface area contributed by atoms with E-state index in [4.69, 9.17) is 0 Å². The number of nitrogens with one attached hydrogen (secondary N) is 1. The molecule has 0 spiro atoms. The molecule has 1 amide bonds. The number of anilines is 1. The maximum atomic E-state index is 13.2. The summed E-state index contributed by atoms with van der Waals surface area (Å²) in [6, 6.07) is 15.4. The third-order valence-corrected chi connectivity index (χ3v) is 3.51. The van der Waals surface area contributed by atoms with Gasteiger partial charge in [0.05, 0.1) is 6.54 Å². The lowest BCUT2D eigenvalue weighted by atomic mass is 10.1. The van der Waals surface area contributed by atoms with Gasteiger partial charge in [0.25, 0.3) is 5.91 Å². The fraction of sp³-hybridized carbons (Fsp3) is 0.111. The van der Waals surface area contributed by atoms with Crippen molar-refractivity contribution < 1.29 is 9.18 Å². The van der Waals surface area contributed by atoms with E-state index >= 15 is 0 Å². The molecular formula is C18H16FN3O. The van der Waals surface area contributed by atoms with E-state index in [0.717, 1.165) is 11.1 Å². The largest absolute Gasteiger partial charge is 0.305 e. The zero-order valence-electron chi connectivity index (χ0n) is 12.7. The lowest BCUT2D eigenvalue weighted by molar-refractivity contribution is 0.102. The molecular weight excluding hydrogens is 293 g/mol. The van der Waals surface area contributed by atoms with E-state index in [0.29, 0.717) is 17.9 Å². The Morgan fingerprint density at radius 3 is 2.78 bits per heavy atom. The normalized spacial score (nSPS) is 10.5. The minimum absolute atomic E-state index is 0.195. The molecule has 0 fully saturated rings. The van der Waals surface area contributed by atoms with Gasteiger partial charge in [-0.2, -0.15) is 5.10 Å². The van der Waals surface area contributed by atoms with Crippen molar-refractivity contribution >= 4 is 11.7 Å². The smallest absolute Gasteiger partial charge is 0.257 e. The van der Waals surface area contributed by atoms with Crippen LogP contribution in [-0.2, 0) is 6.54 Å². The monoisotopic (exact) mass is 309 g/mol. The highest BCUT2D eigenvalue weighted by atomic mass is 19.1. The summed E-state index contributed by atoms with van der Waals surface area (Å²) in [6.07, 6.45) is 1.75. The molecule has 5 heteroatoms. The Bertz CT molecular complexity index is 842. The van der Waals surface area contributed by atoms with Gasteiger partial charge in [-0.3, -0.25) is 9.48 Å². The topological polar surface area (TPSA) is 46.9 Å². The molecule has 23 heavy (non-hydrogen) atoms. The Hall–Kier alpha value is -2.95.